The maximum absolute atomic E-state index is 4.67. The van der Waals surface area contributed by atoms with E-state index in [1.54, 1.807) is 11.1 Å². The van der Waals surface area contributed by atoms with Crippen LogP contribution in [-0.2, 0) is 28.1 Å². The second kappa shape index (κ2) is 9.39. The standard InChI is InChI=1S/C21H29Si.3CH3.Ti/c1-14-12-15-8-5-6-9-17(15)19-13-20(22(2,3)4)18-11-7-10-16(14)21(18)19;;;;/h5-6,8-9,16,18-21H,1-2,7,10-13H2,3-4H3;3*1H3;/q4*-1;+4. The predicted molar refractivity (Wildman–Crippen MR) is 117 cm³/mol. The topological polar surface area (TPSA) is 0 Å². The van der Waals surface area contributed by atoms with Crippen LogP contribution in [0.1, 0.15) is 42.7 Å². The minimum atomic E-state index is -1.33. The Bertz CT molecular complexity index is 600. The van der Waals surface area contributed by atoms with E-state index in [1.165, 1.54) is 31.3 Å². The van der Waals surface area contributed by atoms with Crippen molar-refractivity contribution in [1.29, 1.82) is 0 Å². The molecule has 3 aliphatic rings. The molecule has 1 aromatic rings. The Labute approximate surface area is 180 Å². The fourth-order valence-corrected chi connectivity index (χ4v) is 8.49. The first-order valence-electron chi connectivity index (χ1n) is 9.07. The smallest absolute Gasteiger partial charge is 0.358 e. The van der Waals surface area contributed by atoms with Gasteiger partial charge in [-0.05, 0) is 54.1 Å². The molecule has 5 unspecified atom stereocenters. The summed E-state index contributed by atoms with van der Waals surface area (Å²) in [5.41, 5.74) is 5.65. The summed E-state index contributed by atoms with van der Waals surface area (Å²) < 4.78 is 0. The van der Waals surface area contributed by atoms with Crippen LogP contribution >= 0.6 is 0 Å². The van der Waals surface area contributed by atoms with Crippen LogP contribution < -0.4 is 0 Å². The van der Waals surface area contributed by atoms with Crippen LogP contribution in [0.15, 0.2) is 36.4 Å². The molecule has 2 saturated carbocycles. The van der Waals surface area contributed by atoms with E-state index in [4.69, 9.17) is 0 Å². The normalized spacial score (nSPS) is 31.7. The van der Waals surface area contributed by atoms with Gasteiger partial charge in [-0.3, -0.25) is 0 Å². The van der Waals surface area contributed by atoms with E-state index in [0.717, 1.165) is 35.6 Å². The summed E-state index contributed by atoms with van der Waals surface area (Å²) >= 11 is 0. The van der Waals surface area contributed by atoms with Crippen LogP contribution in [0, 0.1) is 46.6 Å². The molecule has 0 bridgehead atoms. The molecule has 5 atom stereocenters. The van der Waals surface area contributed by atoms with Gasteiger partial charge in [-0.25, -0.2) is 0 Å². The molecule has 0 spiro atoms. The van der Waals surface area contributed by atoms with Gasteiger partial charge in [0.25, 0.3) is 0 Å². The van der Waals surface area contributed by atoms with Gasteiger partial charge in [0.2, 0.25) is 0 Å². The minimum Gasteiger partial charge on any atom is -0.358 e. The summed E-state index contributed by atoms with van der Waals surface area (Å²) in [5, 5.41) is 0. The van der Waals surface area contributed by atoms with Crippen molar-refractivity contribution < 1.29 is 21.7 Å². The fraction of sp³-hybridized carbons (Fsp3) is 0.500. The number of hydrogen-bond donors (Lipinski definition) is 0. The van der Waals surface area contributed by atoms with Gasteiger partial charge in [-0.2, -0.15) is 0 Å². The molecule has 0 nitrogen and oxygen atoms in total. The summed E-state index contributed by atoms with van der Waals surface area (Å²) in [4.78, 5) is 0. The van der Waals surface area contributed by atoms with Gasteiger partial charge >= 0.3 is 21.7 Å². The fourth-order valence-electron chi connectivity index (χ4n) is 6.05. The second-order valence-corrected chi connectivity index (χ2v) is 13.5. The third-order valence-electron chi connectivity index (χ3n) is 6.90. The van der Waals surface area contributed by atoms with Gasteiger partial charge in [-0.1, -0.05) is 76.0 Å². The maximum Gasteiger partial charge on any atom is 4.00 e. The van der Waals surface area contributed by atoms with Crippen molar-refractivity contribution in [1.82, 2.24) is 0 Å². The van der Waals surface area contributed by atoms with Crippen LogP contribution in [0.2, 0.25) is 18.6 Å². The van der Waals surface area contributed by atoms with Gasteiger partial charge in [0, 0.05) is 0 Å². The molecule has 0 radical (unpaired) electrons. The largest absolute Gasteiger partial charge is 4.00 e. The van der Waals surface area contributed by atoms with Crippen molar-refractivity contribution in [2.24, 2.45) is 17.8 Å². The van der Waals surface area contributed by atoms with E-state index in [1.807, 2.05) is 0 Å². The first kappa shape index (κ1) is 25.9. The SMILES string of the molecule is C=C1Cc2ccccc2C2CC([Si]([CH2-])(C)C)C3CCCC1C23.[CH3-].[CH3-].[CH3-].[Ti+4]. The summed E-state index contributed by atoms with van der Waals surface area (Å²) in [5.74, 6) is 3.34. The number of hydrogen-bond acceptors (Lipinski definition) is 0. The van der Waals surface area contributed by atoms with Crippen molar-refractivity contribution in [3.05, 3.63) is 76.4 Å². The van der Waals surface area contributed by atoms with Crippen molar-refractivity contribution in [2.75, 3.05) is 0 Å². The van der Waals surface area contributed by atoms with Crippen molar-refractivity contribution in [2.45, 2.75) is 56.7 Å². The van der Waals surface area contributed by atoms with E-state index in [-0.39, 0.29) is 44.0 Å². The molecule has 3 aliphatic carbocycles. The third kappa shape index (κ3) is 4.15. The molecule has 142 valence electrons. The van der Waals surface area contributed by atoms with Gasteiger partial charge < -0.3 is 28.8 Å². The Morgan fingerprint density at radius 2 is 1.69 bits per heavy atom. The Kier molecular flexibility index (Phi) is 9.35. The Hall–Kier alpha value is -0.109. The Morgan fingerprint density at radius 3 is 2.35 bits per heavy atom. The molecule has 2 heteroatoms. The van der Waals surface area contributed by atoms with Crippen LogP contribution in [0.3, 0.4) is 0 Å². The number of rotatable bonds is 1. The number of benzene rings is 1. The molecule has 1 aromatic carbocycles. The molecule has 0 amide bonds. The van der Waals surface area contributed by atoms with Gasteiger partial charge in [-0.15, -0.1) is 0 Å². The maximum atomic E-state index is 4.67. The Morgan fingerprint density at radius 1 is 1.04 bits per heavy atom. The summed E-state index contributed by atoms with van der Waals surface area (Å²) in [7, 11) is -1.33. The second-order valence-electron chi connectivity index (χ2n) is 8.75. The Balaban J connectivity index is 0.00000156. The average molecular weight is 403 g/mol. The van der Waals surface area contributed by atoms with Gasteiger partial charge in [0.1, 0.15) is 0 Å². The zero-order valence-corrected chi connectivity index (χ0v) is 20.2. The number of fused-ring (bicyclic) bond motifs is 2. The first-order chi connectivity index (χ1) is 10.5. The average Bonchev–Trinajstić information content (AvgIpc) is 2.81. The monoisotopic (exact) mass is 402 g/mol. The van der Waals surface area contributed by atoms with Crippen LogP contribution in [0.25, 0.3) is 0 Å². The molecule has 0 heterocycles. The van der Waals surface area contributed by atoms with E-state index in [0.29, 0.717) is 0 Å². The minimum absolute atomic E-state index is 0. The summed E-state index contributed by atoms with van der Waals surface area (Å²) in [6.45, 7) is 14.2. The summed E-state index contributed by atoms with van der Waals surface area (Å²) in [6, 6.07) is 9.24. The van der Waals surface area contributed by atoms with Gasteiger partial charge in [0.15, 0.2) is 0 Å². The molecule has 26 heavy (non-hydrogen) atoms. The van der Waals surface area contributed by atoms with E-state index < -0.39 is 8.07 Å². The van der Waals surface area contributed by atoms with Crippen LogP contribution in [-0.4, -0.2) is 8.07 Å². The summed E-state index contributed by atoms with van der Waals surface area (Å²) in [6.07, 6.45) is 6.77. The molecule has 0 saturated heterocycles. The molecular formula is C24H38SiTi. The van der Waals surface area contributed by atoms with E-state index >= 15 is 0 Å². The zero-order chi connectivity index (χ0) is 15.5. The predicted octanol–water partition coefficient (Wildman–Crippen LogP) is 7.12. The van der Waals surface area contributed by atoms with Crippen molar-refractivity contribution in [3.8, 4) is 0 Å². The van der Waals surface area contributed by atoms with E-state index in [2.05, 4.69) is 50.5 Å². The third-order valence-corrected chi connectivity index (χ3v) is 9.57. The van der Waals surface area contributed by atoms with Crippen molar-refractivity contribution in [3.63, 3.8) is 0 Å². The van der Waals surface area contributed by atoms with Crippen LogP contribution in [0.5, 0.6) is 0 Å². The zero-order valence-electron chi connectivity index (χ0n) is 17.6. The number of allylic oxidation sites excluding steroid dienone is 1. The molecular weight excluding hydrogens is 364 g/mol. The molecule has 0 aromatic heterocycles. The molecule has 0 N–H and O–H groups in total. The van der Waals surface area contributed by atoms with Gasteiger partial charge in [0.05, 0.1) is 0 Å². The van der Waals surface area contributed by atoms with E-state index in [9.17, 15) is 0 Å². The quantitative estimate of drug-likeness (QED) is 0.266. The molecule has 0 aliphatic heterocycles. The molecule has 4 rings (SSSR count). The van der Waals surface area contributed by atoms with Crippen LogP contribution in [0.4, 0.5) is 0 Å². The first-order valence-corrected chi connectivity index (χ1v) is 12.4. The molecule has 2 fully saturated rings. The van der Waals surface area contributed by atoms with Crippen molar-refractivity contribution >= 4 is 8.07 Å².